The van der Waals surface area contributed by atoms with Crippen molar-refractivity contribution in [2.24, 2.45) is 0 Å². The van der Waals surface area contributed by atoms with E-state index in [9.17, 15) is 9.59 Å². The number of carbonyl (C=O) groups excluding carboxylic acids is 2. The lowest BCUT2D eigenvalue weighted by Gasteiger charge is -2.33. The maximum Gasteiger partial charge on any atom is 0.289 e. The van der Waals surface area contributed by atoms with Gasteiger partial charge in [0.1, 0.15) is 0 Å². The molecule has 19 heavy (non-hydrogen) atoms. The van der Waals surface area contributed by atoms with Crippen molar-refractivity contribution in [2.45, 2.75) is 6.92 Å². The van der Waals surface area contributed by atoms with E-state index in [1.54, 1.807) is 18.0 Å². The Hall–Kier alpha value is -1.82. The number of amides is 2. The fraction of sp³-hybridized carbons (Fsp3) is 0.538. The average molecular weight is 265 g/mol. The van der Waals surface area contributed by atoms with Crippen LogP contribution in [0.2, 0.25) is 0 Å². The van der Waals surface area contributed by atoms with Crippen molar-refractivity contribution in [3.63, 3.8) is 0 Å². The molecule has 6 heteroatoms. The quantitative estimate of drug-likeness (QED) is 0.841. The Bertz CT molecular complexity index is 461. The van der Waals surface area contributed by atoms with Gasteiger partial charge in [-0.3, -0.25) is 14.5 Å². The maximum atomic E-state index is 12.2. The Morgan fingerprint density at radius 2 is 2.00 bits per heavy atom. The van der Waals surface area contributed by atoms with Crippen LogP contribution in [0.1, 0.15) is 16.1 Å². The zero-order valence-electron chi connectivity index (χ0n) is 11.3. The Morgan fingerprint density at radius 1 is 1.32 bits per heavy atom. The summed E-state index contributed by atoms with van der Waals surface area (Å²) >= 11 is 0. The summed E-state index contributed by atoms with van der Waals surface area (Å²) in [5.74, 6) is 0.350. The van der Waals surface area contributed by atoms with Crippen molar-refractivity contribution in [3.8, 4) is 0 Å². The lowest BCUT2D eigenvalue weighted by atomic mass is 10.2. The van der Waals surface area contributed by atoms with Gasteiger partial charge < -0.3 is 14.6 Å². The van der Waals surface area contributed by atoms with Gasteiger partial charge >= 0.3 is 0 Å². The minimum Gasteiger partial charge on any atom is -0.459 e. The molecular formula is C13H19N3O3. The van der Waals surface area contributed by atoms with Gasteiger partial charge in [0.05, 0.1) is 12.8 Å². The van der Waals surface area contributed by atoms with E-state index in [0.29, 0.717) is 38.5 Å². The molecule has 6 nitrogen and oxygen atoms in total. The zero-order valence-corrected chi connectivity index (χ0v) is 11.3. The Labute approximate surface area is 112 Å². The molecule has 1 saturated heterocycles. The van der Waals surface area contributed by atoms with Crippen LogP contribution in [-0.4, -0.2) is 61.4 Å². The lowest BCUT2D eigenvalue weighted by Crippen LogP contribution is -2.50. The summed E-state index contributed by atoms with van der Waals surface area (Å²) in [6.45, 7) is 4.90. The minimum absolute atomic E-state index is 0.00153. The summed E-state index contributed by atoms with van der Waals surface area (Å²) in [7, 11) is 1.63. The van der Waals surface area contributed by atoms with Crippen molar-refractivity contribution in [1.29, 1.82) is 0 Å². The van der Waals surface area contributed by atoms with E-state index in [-0.39, 0.29) is 11.8 Å². The number of carbonyl (C=O) groups is 2. The highest BCUT2D eigenvalue weighted by Gasteiger charge is 2.25. The van der Waals surface area contributed by atoms with Crippen molar-refractivity contribution >= 4 is 11.8 Å². The molecule has 0 atom stereocenters. The van der Waals surface area contributed by atoms with Crippen LogP contribution in [-0.2, 0) is 4.79 Å². The molecule has 0 unspecified atom stereocenters. The molecule has 0 aliphatic carbocycles. The van der Waals surface area contributed by atoms with Gasteiger partial charge in [0.15, 0.2) is 5.76 Å². The van der Waals surface area contributed by atoms with E-state index < -0.39 is 0 Å². The fourth-order valence-corrected chi connectivity index (χ4v) is 2.13. The molecule has 1 fully saturated rings. The van der Waals surface area contributed by atoms with E-state index in [1.807, 2.05) is 11.8 Å². The summed E-state index contributed by atoms with van der Waals surface area (Å²) in [5, 5.41) is 2.60. The van der Waals surface area contributed by atoms with Gasteiger partial charge in [-0.05, 0) is 13.0 Å². The number of rotatable bonds is 3. The molecule has 2 amide bonds. The lowest BCUT2D eigenvalue weighted by molar-refractivity contribution is -0.122. The molecular weight excluding hydrogens is 246 g/mol. The van der Waals surface area contributed by atoms with Crippen LogP contribution in [0.25, 0.3) is 0 Å². The number of nitrogens with one attached hydrogen (secondary N) is 1. The number of hydrogen-bond donors (Lipinski definition) is 1. The van der Waals surface area contributed by atoms with Crippen LogP contribution >= 0.6 is 0 Å². The molecule has 0 spiro atoms. The smallest absolute Gasteiger partial charge is 0.289 e. The van der Waals surface area contributed by atoms with Gasteiger partial charge in [0.2, 0.25) is 5.91 Å². The van der Waals surface area contributed by atoms with E-state index in [2.05, 4.69) is 5.32 Å². The Kier molecular flexibility index (Phi) is 4.21. The van der Waals surface area contributed by atoms with Crippen LogP contribution in [0.15, 0.2) is 16.7 Å². The third-order valence-electron chi connectivity index (χ3n) is 3.36. The van der Waals surface area contributed by atoms with Gasteiger partial charge in [-0.1, -0.05) is 0 Å². The van der Waals surface area contributed by atoms with Crippen molar-refractivity contribution in [2.75, 3.05) is 39.8 Å². The Morgan fingerprint density at radius 3 is 2.53 bits per heavy atom. The van der Waals surface area contributed by atoms with Gasteiger partial charge in [0, 0.05) is 38.8 Å². The summed E-state index contributed by atoms with van der Waals surface area (Å²) < 4.78 is 5.22. The number of nitrogens with zero attached hydrogens (tertiary/aromatic N) is 2. The summed E-state index contributed by atoms with van der Waals surface area (Å²) in [5.41, 5.74) is 0.859. The predicted molar refractivity (Wildman–Crippen MR) is 69.9 cm³/mol. The highest BCUT2D eigenvalue weighted by molar-refractivity contribution is 5.92. The number of aryl methyl sites for hydroxylation is 1. The summed E-state index contributed by atoms with van der Waals surface area (Å²) in [6, 6.07) is 1.79. The zero-order chi connectivity index (χ0) is 13.8. The highest BCUT2D eigenvalue weighted by Crippen LogP contribution is 2.13. The first-order valence-corrected chi connectivity index (χ1v) is 6.38. The number of piperazine rings is 1. The van der Waals surface area contributed by atoms with Crippen LogP contribution < -0.4 is 5.32 Å². The molecule has 1 aromatic heterocycles. The number of furan rings is 1. The highest BCUT2D eigenvalue weighted by atomic mass is 16.3. The molecule has 1 aliphatic rings. The van der Waals surface area contributed by atoms with Crippen LogP contribution in [0.5, 0.6) is 0 Å². The molecule has 0 aromatic carbocycles. The summed E-state index contributed by atoms with van der Waals surface area (Å²) in [6.07, 6.45) is 1.53. The van der Waals surface area contributed by atoms with Crippen molar-refractivity contribution in [1.82, 2.24) is 15.1 Å². The van der Waals surface area contributed by atoms with Gasteiger partial charge in [-0.2, -0.15) is 0 Å². The molecule has 1 aliphatic heterocycles. The topological polar surface area (TPSA) is 65.8 Å². The molecule has 0 bridgehead atoms. The van der Waals surface area contributed by atoms with Gasteiger partial charge in [0.25, 0.3) is 5.91 Å². The second kappa shape index (κ2) is 5.88. The van der Waals surface area contributed by atoms with Crippen LogP contribution in [0, 0.1) is 6.92 Å². The minimum atomic E-state index is -0.0675. The first kappa shape index (κ1) is 13.6. The van der Waals surface area contributed by atoms with Crippen molar-refractivity contribution in [3.05, 3.63) is 23.7 Å². The SMILES string of the molecule is CNC(=O)CN1CCN(C(=O)c2occc2C)CC1. The number of likely N-dealkylation sites (N-methyl/N-ethyl adjacent to an activating group) is 1. The molecule has 1 N–H and O–H groups in total. The number of hydrogen-bond acceptors (Lipinski definition) is 4. The molecule has 0 radical (unpaired) electrons. The van der Waals surface area contributed by atoms with E-state index in [0.717, 1.165) is 5.56 Å². The third kappa shape index (κ3) is 3.14. The molecule has 1 aromatic rings. The monoisotopic (exact) mass is 265 g/mol. The Balaban J connectivity index is 1.88. The predicted octanol–water partition coefficient (Wildman–Crippen LogP) is 0.0918. The second-order valence-electron chi connectivity index (χ2n) is 4.67. The fourth-order valence-electron chi connectivity index (χ4n) is 2.13. The largest absolute Gasteiger partial charge is 0.459 e. The molecule has 104 valence electrons. The van der Waals surface area contributed by atoms with Crippen molar-refractivity contribution < 1.29 is 14.0 Å². The molecule has 2 heterocycles. The summed E-state index contributed by atoms with van der Waals surface area (Å²) in [4.78, 5) is 27.3. The average Bonchev–Trinajstić information content (AvgIpc) is 2.85. The van der Waals surface area contributed by atoms with Crippen LogP contribution in [0.3, 0.4) is 0 Å². The van der Waals surface area contributed by atoms with Gasteiger partial charge in [-0.25, -0.2) is 0 Å². The van der Waals surface area contributed by atoms with E-state index in [1.165, 1.54) is 6.26 Å². The van der Waals surface area contributed by atoms with E-state index in [4.69, 9.17) is 4.42 Å². The van der Waals surface area contributed by atoms with Gasteiger partial charge in [-0.15, -0.1) is 0 Å². The maximum absolute atomic E-state index is 12.2. The third-order valence-corrected chi connectivity index (χ3v) is 3.36. The van der Waals surface area contributed by atoms with Crippen LogP contribution in [0.4, 0.5) is 0 Å². The first-order chi connectivity index (χ1) is 9.11. The van der Waals surface area contributed by atoms with E-state index >= 15 is 0 Å². The molecule has 2 rings (SSSR count). The standard InChI is InChI=1S/C13H19N3O3/c1-10-3-8-19-12(10)13(18)16-6-4-15(5-7-16)9-11(17)14-2/h3,8H,4-7,9H2,1-2H3,(H,14,17). The second-order valence-corrected chi connectivity index (χ2v) is 4.67. The first-order valence-electron chi connectivity index (χ1n) is 6.38. The molecule has 0 saturated carbocycles. The normalized spacial score (nSPS) is 16.4.